The molecule has 3 N–H and O–H groups in total. The third-order valence-electron chi connectivity index (χ3n) is 3.79. The van der Waals surface area contributed by atoms with Crippen molar-refractivity contribution in [3.05, 3.63) is 48.0 Å². The van der Waals surface area contributed by atoms with Crippen molar-refractivity contribution in [3.63, 3.8) is 0 Å². The van der Waals surface area contributed by atoms with Gasteiger partial charge in [0.2, 0.25) is 5.91 Å². The Morgan fingerprint density at radius 2 is 1.85 bits per heavy atom. The zero-order valence-electron chi connectivity index (χ0n) is 12.3. The number of nitrogens with one attached hydrogen (secondary N) is 1. The summed E-state index contributed by atoms with van der Waals surface area (Å²) in [5.41, 5.74) is 6.07. The molecule has 2 aromatic carbocycles. The summed E-state index contributed by atoms with van der Waals surface area (Å²) in [6, 6.07) is 14.9. The number of rotatable bonds is 5. The molecule has 106 valence electrons. The predicted octanol–water partition coefficient (Wildman–Crippen LogP) is 3.00. The lowest BCUT2D eigenvalue weighted by atomic mass is 9.92. The molecule has 0 spiro atoms. The van der Waals surface area contributed by atoms with Gasteiger partial charge in [-0.15, -0.1) is 0 Å². The van der Waals surface area contributed by atoms with E-state index in [-0.39, 0.29) is 11.9 Å². The molecule has 0 saturated heterocycles. The van der Waals surface area contributed by atoms with Crippen molar-refractivity contribution in [2.45, 2.75) is 26.8 Å². The second-order valence-corrected chi connectivity index (χ2v) is 5.96. The van der Waals surface area contributed by atoms with E-state index in [1.807, 2.05) is 26.0 Å². The van der Waals surface area contributed by atoms with Crippen LogP contribution in [0.25, 0.3) is 10.8 Å². The molecule has 20 heavy (non-hydrogen) atoms. The van der Waals surface area contributed by atoms with Crippen LogP contribution in [0.1, 0.15) is 32.4 Å². The summed E-state index contributed by atoms with van der Waals surface area (Å²) in [5.74, 6) is -0.282. The first-order valence-corrected chi connectivity index (χ1v) is 6.92. The molecular formula is C17H22N2O. The third-order valence-corrected chi connectivity index (χ3v) is 3.79. The van der Waals surface area contributed by atoms with Gasteiger partial charge in [-0.1, -0.05) is 36.4 Å². The van der Waals surface area contributed by atoms with Gasteiger partial charge in [0.1, 0.15) is 0 Å². The first-order valence-electron chi connectivity index (χ1n) is 6.92. The van der Waals surface area contributed by atoms with Crippen molar-refractivity contribution in [2.75, 3.05) is 6.54 Å². The van der Waals surface area contributed by atoms with Gasteiger partial charge >= 0.3 is 0 Å². The fraction of sp³-hybridized carbons (Fsp3) is 0.353. The van der Waals surface area contributed by atoms with Crippen LogP contribution in [0.15, 0.2) is 42.5 Å². The van der Waals surface area contributed by atoms with E-state index in [0.717, 1.165) is 0 Å². The molecule has 0 aliphatic carbocycles. The van der Waals surface area contributed by atoms with Crippen molar-refractivity contribution in [1.29, 1.82) is 0 Å². The zero-order valence-corrected chi connectivity index (χ0v) is 12.3. The Hall–Kier alpha value is -1.87. The normalized spacial score (nSPS) is 13.3. The summed E-state index contributed by atoms with van der Waals surface area (Å²) in [6.45, 7) is 6.38. The third kappa shape index (κ3) is 3.17. The lowest BCUT2D eigenvalue weighted by Gasteiger charge is -2.24. The van der Waals surface area contributed by atoms with Gasteiger partial charge in [0, 0.05) is 12.6 Å². The highest BCUT2D eigenvalue weighted by Crippen LogP contribution is 2.21. The van der Waals surface area contributed by atoms with Crippen molar-refractivity contribution < 1.29 is 4.79 Å². The lowest BCUT2D eigenvalue weighted by molar-refractivity contribution is -0.125. The van der Waals surface area contributed by atoms with E-state index in [0.29, 0.717) is 6.54 Å². The average molecular weight is 270 g/mol. The first kappa shape index (κ1) is 14.5. The second-order valence-electron chi connectivity index (χ2n) is 5.96. The van der Waals surface area contributed by atoms with Crippen LogP contribution in [0.2, 0.25) is 0 Å². The van der Waals surface area contributed by atoms with Gasteiger partial charge < -0.3 is 11.1 Å². The molecule has 0 bridgehead atoms. The van der Waals surface area contributed by atoms with E-state index in [2.05, 4.69) is 42.6 Å². The van der Waals surface area contributed by atoms with Crippen molar-refractivity contribution >= 4 is 16.7 Å². The molecule has 3 nitrogen and oxygen atoms in total. The van der Waals surface area contributed by atoms with Gasteiger partial charge in [-0.3, -0.25) is 4.79 Å². The Morgan fingerprint density at radius 3 is 2.50 bits per heavy atom. The number of carbonyl (C=O) groups excluding carboxylic acids is 1. The molecule has 2 aromatic rings. The van der Waals surface area contributed by atoms with Crippen LogP contribution in [0.4, 0.5) is 0 Å². The maximum Gasteiger partial charge on any atom is 0.224 e. The van der Waals surface area contributed by atoms with Crippen molar-refractivity contribution in [3.8, 4) is 0 Å². The number of carbonyl (C=O) groups is 1. The molecular weight excluding hydrogens is 248 g/mol. The molecule has 0 aliphatic rings. The zero-order chi connectivity index (χ0) is 14.8. The van der Waals surface area contributed by atoms with E-state index >= 15 is 0 Å². The Kier molecular flexibility index (Phi) is 4.09. The lowest BCUT2D eigenvalue weighted by Crippen LogP contribution is -2.41. The number of benzene rings is 2. The van der Waals surface area contributed by atoms with Crippen LogP contribution in [-0.2, 0) is 4.79 Å². The van der Waals surface area contributed by atoms with Gasteiger partial charge in [-0.05, 0) is 43.2 Å². The minimum Gasteiger partial charge on any atom is -0.369 e. The topological polar surface area (TPSA) is 55.1 Å². The van der Waals surface area contributed by atoms with Crippen LogP contribution in [0.5, 0.6) is 0 Å². The highest BCUT2D eigenvalue weighted by atomic mass is 16.1. The van der Waals surface area contributed by atoms with Crippen LogP contribution >= 0.6 is 0 Å². The van der Waals surface area contributed by atoms with E-state index in [1.54, 1.807) is 0 Å². The Morgan fingerprint density at radius 1 is 1.20 bits per heavy atom. The maximum atomic E-state index is 11.3. The molecule has 0 radical (unpaired) electrons. The Bertz CT molecular complexity index is 619. The van der Waals surface area contributed by atoms with Crippen LogP contribution < -0.4 is 11.1 Å². The summed E-state index contributed by atoms with van der Waals surface area (Å²) in [7, 11) is 0. The molecule has 3 heteroatoms. The average Bonchev–Trinajstić information content (AvgIpc) is 2.44. The van der Waals surface area contributed by atoms with Gasteiger partial charge in [-0.2, -0.15) is 0 Å². The minimum absolute atomic E-state index is 0.179. The summed E-state index contributed by atoms with van der Waals surface area (Å²) in [6.07, 6.45) is 0. The monoisotopic (exact) mass is 270 g/mol. The molecule has 0 saturated carbocycles. The van der Waals surface area contributed by atoms with Crippen LogP contribution in [-0.4, -0.2) is 12.5 Å². The first-order chi connectivity index (χ1) is 9.40. The minimum atomic E-state index is -0.537. The maximum absolute atomic E-state index is 11.3. The van der Waals surface area contributed by atoms with E-state index in [1.165, 1.54) is 16.3 Å². The molecule has 1 unspecified atom stereocenters. The van der Waals surface area contributed by atoms with Crippen molar-refractivity contribution in [1.82, 2.24) is 5.32 Å². The van der Waals surface area contributed by atoms with Gasteiger partial charge in [0.15, 0.2) is 0 Å². The Balaban J connectivity index is 2.11. The van der Waals surface area contributed by atoms with Gasteiger partial charge in [0.25, 0.3) is 0 Å². The van der Waals surface area contributed by atoms with Gasteiger partial charge in [-0.25, -0.2) is 0 Å². The smallest absolute Gasteiger partial charge is 0.224 e. The number of hydrogen-bond acceptors (Lipinski definition) is 2. The fourth-order valence-electron chi connectivity index (χ4n) is 2.09. The molecule has 1 amide bonds. The summed E-state index contributed by atoms with van der Waals surface area (Å²) in [4.78, 5) is 11.3. The molecule has 0 aliphatic heterocycles. The predicted molar refractivity (Wildman–Crippen MR) is 83.3 cm³/mol. The molecule has 0 heterocycles. The van der Waals surface area contributed by atoms with E-state index in [9.17, 15) is 4.79 Å². The molecule has 0 aromatic heterocycles. The highest BCUT2D eigenvalue weighted by Gasteiger charge is 2.25. The largest absolute Gasteiger partial charge is 0.369 e. The number of fused-ring (bicyclic) bond motifs is 1. The SMILES string of the molecule is CC(NCC(C)(C)C(N)=O)c1ccc2ccccc2c1. The van der Waals surface area contributed by atoms with E-state index in [4.69, 9.17) is 5.73 Å². The highest BCUT2D eigenvalue weighted by molar-refractivity contribution is 5.83. The summed E-state index contributed by atoms with van der Waals surface area (Å²) in [5, 5.41) is 5.85. The van der Waals surface area contributed by atoms with Crippen LogP contribution in [0.3, 0.4) is 0 Å². The second kappa shape index (κ2) is 5.63. The van der Waals surface area contributed by atoms with Crippen molar-refractivity contribution in [2.24, 2.45) is 11.1 Å². The number of primary amides is 1. The molecule has 2 rings (SSSR count). The molecule has 1 atom stereocenters. The van der Waals surface area contributed by atoms with Gasteiger partial charge in [0.05, 0.1) is 5.41 Å². The van der Waals surface area contributed by atoms with Crippen LogP contribution in [0, 0.1) is 5.41 Å². The standard InChI is InChI=1S/C17H22N2O/c1-12(19-11-17(2,3)16(18)20)14-9-8-13-6-4-5-7-15(13)10-14/h4-10,12,19H,11H2,1-3H3,(H2,18,20). The molecule has 0 fully saturated rings. The number of amides is 1. The number of nitrogens with two attached hydrogens (primary N) is 1. The van der Waals surface area contributed by atoms with E-state index < -0.39 is 5.41 Å². The number of hydrogen-bond donors (Lipinski definition) is 2. The summed E-state index contributed by atoms with van der Waals surface area (Å²) >= 11 is 0. The fourth-order valence-corrected chi connectivity index (χ4v) is 2.09. The quantitative estimate of drug-likeness (QED) is 0.877. The summed E-state index contributed by atoms with van der Waals surface area (Å²) < 4.78 is 0. The Labute approximate surface area is 120 Å².